The van der Waals surface area contributed by atoms with E-state index in [1.165, 1.54) is 10.5 Å². The molecule has 0 bridgehead atoms. The number of aromatic nitrogens is 1. The van der Waals surface area contributed by atoms with Gasteiger partial charge in [-0.05, 0) is 30.7 Å². The summed E-state index contributed by atoms with van der Waals surface area (Å²) in [4.78, 5) is 5.56. The number of nitrogens with zero attached hydrogens (tertiary/aromatic N) is 1. The Balaban J connectivity index is 2.26. The van der Waals surface area contributed by atoms with Gasteiger partial charge in [0.25, 0.3) is 0 Å². The van der Waals surface area contributed by atoms with Crippen molar-refractivity contribution < 1.29 is 0 Å². The number of hydrogen-bond acceptors (Lipinski definition) is 3. The van der Waals surface area contributed by atoms with E-state index in [1.807, 2.05) is 12.1 Å². The first kappa shape index (κ1) is 11.2. The zero-order chi connectivity index (χ0) is 11.4. The monoisotopic (exact) mass is 230 g/mol. The van der Waals surface area contributed by atoms with Gasteiger partial charge >= 0.3 is 0 Å². The van der Waals surface area contributed by atoms with Gasteiger partial charge in [0.15, 0.2) is 0 Å². The molecule has 2 rings (SSSR count). The molecule has 1 heterocycles. The normalized spacial score (nSPS) is 10.4. The molecule has 1 aromatic heterocycles. The molecule has 0 amide bonds. The molecule has 2 aromatic rings. The summed E-state index contributed by atoms with van der Waals surface area (Å²) in [6, 6.07) is 12.3. The highest BCUT2D eigenvalue weighted by Crippen LogP contribution is 2.28. The van der Waals surface area contributed by atoms with Crippen molar-refractivity contribution in [1.29, 1.82) is 0 Å². The quantitative estimate of drug-likeness (QED) is 0.881. The number of aryl methyl sites for hydroxylation is 1. The zero-order valence-corrected chi connectivity index (χ0v) is 10.00. The molecule has 0 aliphatic carbocycles. The second-order valence-electron chi connectivity index (χ2n) is 3.59. The summed E-state index contributed by atoms with van der Waals surface area (Å²) >= 11 is 1.66. The first-order valence-corrected chi connectivity index (χ1v) is 6.00. The van der Waals surface area contributed by atoms with Gasteiger partial charge in [-0.1, -0.05) is 35.5 Å². The maximum Gasteiger partial charge on any atom is 0.105 e. The van der Waals surface area contributed by atoms with Gasteiger partial charge in [-0.25, -0.2) is 4.98 Å². The van der Waals surface area contributed by atoms with Crippen LogP contribution in [0.25, 0.3) is 0 Å². The van der Waals surface area contributed by atoms with Crippen LogP contribution in [0, 0.1) is 6.92 Å². The fourth-order valence-corrected chi connectivity index (χ4v) is 2.47. The van der Waals surface area contributed by atoms with E-state index < -0.39 is 0 Å². The lowest BCUT2D eigenvalue weighted by Crippen LogP contribution is -1.99. The van der Waals surface area contributed by atoms with Crippen molar-refractivity contribution in [3.63, 3.8) is 0 Å². The van der Waals surface area contributed by atoms with Gasteiger partial charge < -0.3 is 5.73 Å². The molecule has 0 unspecified atom stereocenters. The van der Waals surface area contributed by atoms with Crippen molar-refractivity contribution >= 4 is 11.8 Å². The van der Waals surface area contributed by atoms with Gasteiger partial charge in [-0.15, -0.1) is 0 Å². The van der Waals surface area contributed by atoms with Crippen LogP contribution >= 0.6 is 11.8 Å². The Morgan fingerprint density at radius 1 is 1.25 bits per heavy atom. The van der Waals surface area contributed by atoms with Gasteiger partial charge in [0.05, 0.1) is 0 Å². The Morgan fingerprint density at radius 2 is 2.12 bits per heavy atom. The SMILES string of the molecule is Cc1cccc(Sc2ncccc2CN)c1. The van der Waals surface area contributed by atoms with E-state index in [-0.39, 0.29) is 0 Å². The Morgan fingerprint density at radius 3 is 2.88 bits per heavy atom. The Labute approximate surface area is 99.9 Å². The lowest BCUT2D eigenvalue weighted by atomic mass is 10.2. The van der Waals surface area contributed by atoms with Crippen molar-refractivity contribution in [2.75, 3.05) is 0 Å². The molecule has 0 spiro atoms. The van der Waals surface area contributed by atoms with Gasteiger partial charge in [0.2, 0.25) is 0 Å². The van der Waals surface area contributed by atoms with Crippen LogP contribution in [0.3, 0.4) is 0 Å². The molecule has 0 atom stereocenters. The number of pyridine rings is 1. The number of hydrogen-bond donors (Lipinski definition) is 1. The van der Waals surface area contributed by atoms with Crippen molar-refractivity contribution in [3.05, 3.63) is 53.7 Å². The summed E-state index contributed by atoms with van der Waals surface area (Å²) < 4.78 is 0. The van der Waals surface area contributed by atoms with Crippen LogP contribution in [-0.4, -0.2) is 4.98 Å². The van der Waals surface area contributed by atoms with Crippen LogP contribution in [0.4, 0.5) is 0 Å². The molecule has 0 radical (unpaired) electrons. The first-order chi connectivity index (χ1) is 7.79. The molecule has 0 fully saturated rings. The van der Waals surface area contributed by atoms with Crippen LogP contribution in [0.1, 0.15) is 11.1 Å². The van der Waals surface area contributed by atoms with E-state index in [0.717, 1.165) is 10.6 Å². The highest BCUT2D eigenvalue weighted by atomic mass is 32.2. The summed E-state index contributed by atoms with van der Waals surface area (Å²) in [6.07, 6.45) is 1.80. The lowest BCUT2D eigenvalue weighted by molar-refractivity contribution is 0.963. The molecule has 0 saturated carbocycles. The van der Waals surface area contributed by atoms with E-state index in [1.54, 1.807) is 18.0 Å². The summed E-state index contributed by atoms with van der Waals surface area (Å²) in [5.74, 6) is 0. The summed E-state index contributed by atoms with van der Waals surface area (Å²) in [5, 5.41) is 0.996. The average molecular weight is 230 g/mol. The average Bonchev–Trinajstić information content (AvgIpc) is 2.30. The molecule has 0 aliphatic heterocycles. The van der Waals surface area contributed by atoms with Gasteiger partial charge in [0.1, 0.15) is 5.03 Å². The second-order valence-corrected chi connectivity index (χ2v) is 4.65. The topological polar surface area (TPSA) is 38.9 Å². The number of benzene rings is 1. The van der Waals surface area contributed by atoms with E-state index in [2.05, 4.69) is 36.2 Å². The largest absolute Gasteiger partial charge is 0.326 e. The minimum absolute atomic E-state index is 0.530. The Kier molecular flexibility index (Phi) is 3.59. The standard InChI is InChI=1S/C13H14N2S/c1-10-4-2-6-12(8-10)16-13-11(9-14)5-3-7-15-13/h2-8H,9,14H2,1H3. The van der Waals surface area contributed by atoms with E-state index in [9.17, 15) is 0 Å². The fraction of sp³-hybridized carbons (Fsp3) is 0.154. The number of rotatable bonds is 3. The van der Waals surface area contributed by atoms with Gasteiger partial charge in [0, 0.05) is 17.6 Å². The van der Waals surface area contributed by atoms with Crippen LogP contribution in [0.5, 0.6) is 0 Å². The minimum Gasteiger partial charge on any atom is -0.326 e. The molecule has 2 nitrogen and oxygen atoms in total. The van der Waals surface area contributed by atoms with Gasteiger partial charge in [-0.2, -0.15) is 0 Å². The van der Waals surface area contributed by atoms with E-state index >= 15 is 0 Å². The van der Waals surface area contributed by atoms with E-state index in [4.69, 9.17) is 5.73 Å². The molecular weight excluding hydrogens is 216 g/mol. The summed E-state index contributed by atoms with van der Waals surface area (Å²) in [7, 11) is 0. The molecule has 0 aliphatic rings. The molecule has 16 heavy (non-hydrogen) atoms. The second kappa shape index (κ2) is 5.14. The third-order valence-corrected chi connectivity index (χ3v) is 3.32. The Bertz CT molecular complexity index is 483. The highest BCUT2D eigenvalue weighted by Gasteiger charge is 2.03. The van der Waals surface area contributed by atoms with Crippen molar-refractivity contribution in [1.82, 2.24) is 4.98 Å². The minimum atomic E-state index is 0.530. The maximum atomic E-state index is 5.68. The molecule has 3 heteroatoms. The first-order valence-electron chi connectivity index (χ1n) is 5.18. The van der Waals surface area contributed by atoms with Gasteiger partial charge in [-0.3, -0.25) is 0 Å². The predicted molar refractivity (Wildman–Crippen MR) is 67.4 cm³/mol. The maximum absolute atomic E-state index is 5.68. The predicted octanol–water partition coefficient (Wildman–Crippen LogP) is 3.00. The van der Waals surface area contributed by atoms with Crippen LogP contribution in [0.15, 0.2) is 52.5 Å². The van der Waals surface area contributed by atoms with Crippen molar-refractivity contribution in [2.45, 2.75) is 23.4 Å². The van der Waals surface area contributed by atoms with Crippen molar-refractivity contribution in [3.8, 4) is 0 Å². The highest BCUT2D eigenvalue weighted by molar-refractivity contribution is 7.99. The number of nitrogens with two attached hydrogens (primary N) is 1. The Hall–Kier alpha value is -1.32. The smallest absolute Gasteiger partial charge is 0.105 e. The molecule has 2 N–H and O–H groups in total. The fourth-order valence-electron chi connectivity index (χ4n) is 1.46. The summed E-state index contributed by atoms with van der Waals surface area (Å²) in [5.41, 5.74) is 8.03. The summed E-state index contributed by atoms with van der Waals surface area (Å²) in [6.45, 7) is 2.62. The zero-order valence-electron chi connectivity index (χ0n) is 9.18. The third kappa shape index (κ3) is 2.62. The van der Waals surface area contributed by atoms with Crippen LogP contribution < -0.4 is 5.73 Å². The van der Waals surface area contributed by atoms with Crippen LogP contribution in [0.2, 0.25) is 0 Å². The lowest BCUT2D eigenvalue weighted by Gasteiger charge is -2.06. The van der Waals surface area contributed by atoms with Crippen LogP contribution in [-0.2, 0) is 6.54 Å². The molecule has 82 valence electrons. The van der Waals surface area contributed by atoms with E-state index in [0.29, 0.717) is 6.54 Å². The third-order valence-electron chi connectivity index (χ3n) is 2.27. The molecule has 0 saturated heterocycles. The molecule has 1 aromatic carbocycles. The van der Waals surface area contributed by atoms with Crippen molar-refractivity contribution in [2.24, 2.45) is 5.73 Å². The molecular formula is C13H14N2S.